The first kappa shape index (κ1) is 5.48. The van der Waals surface area contributed by atoms with Crippen LogP contribution in [0.1, 0.15) is 0 Å². The molecule has 0 unspecified atom stereocenters. The van der Waals surface area contributed by atoms with Gasteiger partial charge in [0.15, 0.2) is 0 Å². The van der Waals surface area contributed by atoms with Crippen LogP contribution in [0, 0.1) is 0 Å². The highest BCUT2D eigenvalue weighted by atomic mass is 32.1. The third-order valence-corrected chi connectivity index (χ3v) is 1.66. The predicted molar refractivity (Wildman–Crippen MR) is 33.2 cm³/mol. The molecule has 0 atom stereocenters. The molecule has 0 aliphatic rings. The lowest BCUT2D eigenvalue weighted by atomic mass is 10.4. The number of rotatable bonds is 1. The normalized spacial score (nSPS) is 10.0. The summed E-state index contributed by atoms with van der Waals surface area (Å²) in [6.45, 7) is 0. The van der Waals surface area contributed by atoms with Crippen molar-refractivity contribution in [1.82, 2.24) is 19.9 Å². The van der Waals surface area contributed by atoms with Crippen molar-refractivity contribution in [2.45, 2.75) is 0 Å². The molecule has 0 radical (unpaired) electrons. The highest BCUT2D eigenvalue weighted by molar-refractivity contribution is 7.09. The van der Waals surface area contributed by atoms with E-state index in [-0.39, 0.29) is 0 Å². The number of aromatic nitrogens is 4. The van der Waals surface area contributed by atoms with Crippen molar-refractivity contribution in [1.29, 1.82) is 0 Å². The fourth-order valence-corrected chi connectivity index (χ4v) is 1.01. The van der Waals surface area contributed by atoms with E-state index in [0.717, 1.165) is 4.88 Å². The van der Waals surface area contributed by atoms with E-state index in [0.29, 0.717) is 5.69 Å². The first-order chi connectivity index (χ1) is 4.97. The largest absolute Gasteiger partial charge is 0.244 e. The van der Waals surface area contributed by atoms with Crippen LogP contribution in [-0.4, -0.2) is 19.9 Å². The zero-order valence-electron chi connectivity index (χ0n) is 4.76. The zero-order valence-corrected chi connectivity index (χ0v) is 5.58. The standard InChI is InChI=1S/C4H2N4OS/c1-3(7-9-6-1)4-2-5-8-10-4/h1-2H. The summed E-state index contributed by atoms with van der Waals surface area (Å²) in [5.41, 5.74) is 0.676. The second kappa shape index (κ2) is 2.14. The third kappa shape index (κ3) is 0.781. The van der Waals surface area contributed by atoms with Gasteiger partial charge in [-0.05, 0) is 16.7 Å². The van der Waals surface area contributed by atoms with Crippen molar-refractivity contribution < 1.29 is 4.63 Å². The van der Waals surface area contributed by atoms with Gasteiger partial charge in [-0.25, -0.2) is 4.63 Å². The fraction of sp³-hybridized carbons (Fsp3) is 0. The lowest BCUT2D eigenvalue weighted by Crippen LogP contribution is -1.66. The van der Waals surface area contributed by atoms with Crippen LogP contribution in [0.3, 0.4) is 0 Å². The Hall–Kier alpha value is -1.30. The van der Waals surface area contributed by atoms with Crippen molar-refractivity contribution in [3.63, 3.8) is 0 Å². The Morgan fingerprint density at radius 1 is 1.40 bits per heavy atom. The molecule has 0 fully saturated rings. The predicted octanol–water partition coefficient (Wildman–Crippen LogP) is 0.588. The minimum absolute atomic E-state index is 0.676. The SMILES string of the molecule is c1nonc1-c1cnns1. The minimum atomic E-state index is 0.676. The molecule has 6 heteroatoms. The minimum Gasteiger partial charge on any atom is -0.244 e. The van der Waals surface area contributed by atoms with E-state index in [4.69, 9.17) is 0 Å². The Bertz CT molecular complexity index is 257. The van der Waals surface area contributed by atoms with Crippen molar-refractivity contribution in [3.8, 4) is 10.6 Å². The highest BCUT2D eigenvalue weighted by Gasteiger charge is 2.02. The first-order valence-electron chi connectivity index (χ1n) is 2.52. The first-order valence-corrected chi connectivity index (χ1v) is 3.29. The summed E-state index contributed by atoms with van der Waals surface area (Å²) in [7, 11) is 0. The van der Waals surface area contributed by atoms with Crippen molar-refractivity contribution in [2.24, 2.45) is 0 Å². The smallest absolute Gasteiger partial charge is 0.148 e. The second-order valence-corrected chi connectivity index (χ2v) is 2.36. The van der Waals surface area contributed by atoms with Gasteiger partial charge in [-0.3, -0.25) is 0 Å². The van der Waals surface area contributed by atoms with E-state index in [9.17, 15) is 0 Å². The van der Waals surface area contributed by atoms with Gasteiger partial charge in [0.1, 0.15) is 11.9 Å². The number of hydrogen-bond acceptors (Lipinski definition) is 6. The van der Waals surface area contributed by atoms with Crippen molar-refractivity contribution >= 4 is 11.5 Å². The molecular weight excluding hydrogens is 152 g/mol. The van der Waals surface area contributed by atoms with Crippen LogP contribution in [0.4, 0.5) is 0 Å². The second-order valence-electron chi connectivity index (χ2n) is 1.57. The average molecular weight is 154 g/mol. The van der Waals surface area contributed by atoms with E-state index >= 15 is 0 Å². The molecule has 0 aliphatic carbocycles. The summed E-state index contributed by atoms with van der Waals surface area (Å²) >= 11 is 1.26. The molecule has 2 aromatic heterocycles. The molecule has 50 valence electrons. The molecule has 0 amide bonds. The summed E-state index contributed by atoms with van der Waals surface area (Å²) in [6, 6.07) is 0. The van der Waals surface area contributed by atoms with Gasteiger partial charge < -0.3 is 0 Å². The molecule has 0 bridgehead atoms. The number of nitrogens with zero attached hydrogens (tertiary/aromatic N) is 4. The van der Waals surface area contributed by atoms with Gasteiger partial charge in [0.25, 0.3) is 0 Å². The zero-order chi connectivity index (χ0) is 6.81. The molecule has 2 aromatic rings. The van der Waals surface area contributed by atoms with Gasteiger partial charge in [0.05, 0.1) is 11.1 Å². The average Bonchev–Trinajstić information content (AvgIpc) is 2.59. The quantitative estimate of drug-likeness (QED) is 0.601. The molecule has 0 spiro atoms. The van der Waals surface area contributed by atoms with Crippen LogP contribution in [0.2, 0.25) is 0 Å². The van der Waals surface area contributed by atoms with E-state index in [1.54, 1.807) is 6.20 Å². The van der Waals surface area contributed by atoms with Gasteiger partial charge in [-0.2, -0.15) is 0 Å². The van der Waals surface area contributed by atoms with Crippen molar-refractivity contribution in [3.05, 3.63) is 12.4 Å². The Balaban J connectivity index is 2.48. The highest BCUT2D eigenvalue weighted by Crippen LogP contribution is 2.16. The van der Waals surface area contributed by atoms with E-state index in [1.807, 2.05) is 0 Å². The molecule has 5 nitrogen and oxygen atoms in total. The lowest BCUT2D eigenvalue weighted by Gasteiger charge is -1.76. The van der Waals surface area contributed by atoms with E-state index in [2.05, 4.69) is 24.5 Å². The summed E-state index contributed by atoms with van der Waals surface area (Å²) < 4.78 is 8.05. The van der Waals surface area contributed by atoms with Gasteiger partial charge in [0, 0.05) is 0 Å². The molecule has 0 N–H and O–H groups in total. The van der Waals surface area contributed by atoms with Gasteiger partial charge in [0.2, 0.25) is 0 Å². The maximum Gasteiger partial charge on any atom is 0.148 e. The van der Waals surface area contributed by atoms with Crippen LogP contribution in [0.25, 0.3) is 10.6 Å². The molecule has 10 heavy (non-hydrogen) atoms. The Morgan fingerprint density at radius 2 is 2.40 bits per heavy atom. The molecule has 0 aromatic carbocycles. The maximum atomic E-state index is 4.39. The molecule has 2 rings (SSSR count). The Kier molecular flexibility index (Phi) is 1.17. The van der Waals surface area contributed by atoms with Crippen LogP contribution < -0.4 is 0 Å². The van der Waals surface area contributed by atoms with Gasteiger partial charge in [-0.1, -0.05) is 9.64 Å². The Labute approximate surface area is 59.8 Å². The van der Waals surface area contributed by atoms with Crippen LogP contribution in [-0.2, 0) is 0 Å². The summed E-state index contributed by atoms with van der Waals surface area (Å²) in [6.07, 6.45) is 3.14. The van der Waals surface area contributed by atoms with Gasteiger partial charge in [-0.15, -0.1) is 5.10 Å². The molecule has 0 saturated carbocycles. The van der Waals surface area contributed by atoms with Crippen molar-refractivity contribution in [2.75, 3.05) is 0 Å². The molecule has 2 heterocycles. The van der Waals surface area contributed by atoms with Crippen LogP contribution in [0.5, 0.6) is 0 Å². The maximum absolute atomic E-state index is 4.39. The molecular formula is C4H2N4OS. The monoisotopic (exact) mass is 154 g/mol. The van der Waals surface area contributed by atoms with E-state index in [1.165, 1.54) is 17.7 Å². The topological polar surface area (TPSA) is 64.7 Å². The van der Waals surface area contributed by atoms with Gasteiger partial charge >= 0.3 is 0 Å². The Morgan fingerprint density at radius 3 is 3.00 bits per heavy atom. The summed E-state index contributed by atoms with van der Waals surface area (Å²) in [5.74, 6) is 0. The fourth-order valence-electron chi connectivity index (χ4n) is 0.553. The van der Waals surface area contributed by atoms with Crippen LogP contribution in [0.15, 0.2) is 17.0 Å². The number of hydrogen-bond donors (Lipinski definition) is 0. The van der Waals surface area contributed by atoms with Crippen LogP contribution >= 0.6 is 11.5 Å². The molecule has 0 saturated heterocycles. The third-order valence-electron chi connectivity index (χ3n) is 0.975. The lowest BCUT2D eigenvalue weighted by molar-refractivity contribution is 0.308. The summed E-state index contributed by atoms with van der Waals surface area (Å²) in [4.78, 5) is 0.862. The summed E-state index contributed by atoms with van der Waals surface area (Å²) in [5, 5.41) is 10.7. The van der Waals surface area contributed by atoms with E-state index < -0.39 is 0 Å². The molecule has 0 aliphatic heterocycles.